The van der Waals surface area contributed by atoms with Crippen molar-refractivity contribution in [1.82, 2.24) is 4.90 Å². The summed E-state index contributed by atoms with van der Waals surface area (Å²) in [5, 5.41) is 0. The first-order valence-corrected chi connectivity index (χ1v) is 6.52. The molecule has 1 fully saturated rings. The minimum absolute atomic E-state index is 0.0296. The Labute approximate surface area is 114 Å². The van der Waals surface area contributed by atoms with E-state index < -0.39 is 0 Å². The number of likely N-dealkylation sites (N-methyl/N-ethyl adjacent to an activating group) is 1. The topological polar surface area (TPSA) is 32.8 Å². The van der Waals surface area contributed by atoms with Crippen molar-refractivity contribution in [1.29, 1.82) is 0 Å². The van der Waals surface area contributed by atoms with Gasteiger partial charge in [0, 0.05) is 32.4 Å². The van der Waals surface area contributed by atoms with Crippen LogP contribution in [0.3, 0.4) is 0 Å². The molecule has 0 bridgehead atoms. The van der Waals surface area contributed by atoms with Crippen molar-refractivity contribution >= 4 is 11.6 Å². The van der Waals surface area contributed by atoms with Crippen LogP contribution in [0.2, 0.25) is 0 Å². The minimum atomic E-state index is 0.0296. The van der Waals surface area contributed by atoms with E-state index in [0.717, 1.165) is 24.3 Å². The summed E-state index contributed by atoms with van der Waals surface area (Å²) in [6.07, 6.45) is 1.73. The number of carbonyl (C=O) groups excluding carboxylic acids is 1. The van der Waals surface area contributed by atoms with Gasteiger partial charge in [0.25, 0.3) is 5.91 Å². The second-order valence-corrected chi connectivity index (χ2v) is 4.59. The molecule has 1 aromatic rings. The van der Waals surface area contributed by atoms with Crippen LogP contribution in [-0.4, -0.2) is 50.7 Å². The first-order valence-electron chi connectivity index (χ1n) is 6.52. The van der Waals surface area contributed by atoms with Gasteiger partial charge in [-0.15, -0.1) is 6.58 Å². The van der Waals surface area contributed by atoms with Crippen molar-refractivity contribution in [3.8, 4) is 0 Å². The van der Waals surface area contributed by atoms with Crippen LogP contribution in [0.5, 0.6) is 0 Å². The molecule has 0 unspecified atom stereocenters. The Morgan fingerprint density at radius 3 is 2.79 bits per heavy atom. The Morgan fingerprint density at radius 2 is 2.11 bits per heavy atom. The Morgan fingerprint density at radius 1 is 1.42 bits per heavy atom. The molecule has 4 nitrogen and oxygen atoms in total. The van der Waals surface area contributed by atoms with Crippen LogP contribution in [-0.2, 0) is 4.74 Å². The van der Waals surface area contributed by atoms with Crippen LogP contribution in [0.15, 0.2) is 36.9 Å². The SMILES string of the molecule is C=CCN(C)C(=O)c1ccccc1N1CCOCC1. The smallest absolute Gasteiger partial charge is 0.255 e. The molecule has 1 saturated heterocycles. The molecule has 19 heavy (non-hydrogen) atoms. The molecule has 0 atom stereocenters. The fourth-order valence-corrected chi connectivity index (χ4v) is 2.22. The van der Waals surface area contributed by atoms with E-state index in [4.69, 9.17) is 4.74 Å². The van der Waals surface area contributed by atoms with Crippen LogP contribution in [0.4, 0.5) is 5.69 Å². The van der Waals surface area contributed by atoms with E-state index in [-0.39, 0.29) is 5.91 Å². The van der Waals surface area contributed by atoms with Gasteiger partial charge in [-0.3, -0.25) is 4.79 Å². The molecule has 0 spiro atoms. The van der Waals surface area contributed by atoms with Crippen LogP contribution in [0.25, 0.3) is 0 Å². The molecule has 102 valence electrons. The van der Waals surface area contributed by atoms with E-state index in [9.17, 15) is 4.79 Å². The fraction of sp³-hybridized carbons (Fsp3) is 0.400. The molecule has 1 amide bonds. The number of amides is 1. The molecule has 2 rings (SSSR count). The summed E-state index contributed by atoms with van der Waals surface area (Å²) in [6, 6.07) is 7.75. The quantitative estimate of drug-likeness (QED) is 0.774. The average Bonchev–Trinajstić information content (AvgIpc) is 2.47. The van der Waals surface area contributed by atoms with E-state index in [1.165, 1.54) is 0 Å². The Hall–Kier alpha value is -1.81. The number of nitrogens with zero attached hydrogens (tertiary/aromatic N) is 2. The van der Waals surface area contributed by atoms with Crippen LogP contribution in [0, 0.1) is 0 Å². The van der Waals surface area contributed by atoms with Gasteiger partial charge in [0.05, 0.1) is 18.8 Å². The largest absolute Gasteiger partial charge is 0.378 e. The second-order valence-electron chi connectivity index (χ2n) is 4.59. The normalized spacial score (nSPS) is 15.1. The molecule has 0 aliphatic carbocycles. The number of hydrogen-bond acceptors (Lipinski definition) is 3. The Balaban J connectivity index is 2.24. The summed E-state index contributed by atoms with van der Waals surface area (Å²) in [5.41, 5.74) is 1.74. The Kier molecular flexibility index (Phi) is 4.58. The van der Waals surface area contributed by atoms with Crippen molar-refractivity contribution in [2.75, 3.05) is 44.8 Å². The lowest BCUT2D eigenvalue weighted by Gasteiger charge is -2.31. The molecular weight excluding hydrogens is 240 g/mol. The molecule has 1 aliphatic heterocycles. The van der Waals surface area contributed by atoms with E-state index in [1.807, 2.05) is 24.3 Å². The monoisotopic (exact) mass is 260 g/mol. The zero-order valence-corrected chi connectivity index (χ0v) is 11.3. The highest BCUT2D eigenvalue weighted by Gasteiger charge is 2.19. The van der Waals surface area contributed by atoms with Gasteiger partial charge in [-0.2, -0.15) is 0 Å². The number of anilines is 1. The maximum atomic E-state index is 12.4. The third-order valence-corrected chi connectivity index (χ3v) is 3.24. The third kappa shape index (κ3) is 3.15. The number of ether oxygens (including phenoxy) is 1. The molecule has 1 heterocycles. The highest BCUT2D eigenvalue weighted by molar-refractivity contribution is 5.99. The van der Waals surface area contributed by atoms with Crippen molar-refractivity contribution < 1.29 is 9.53 Å². The average molecular weight is 260 g/mol. The standard InChI is InChI=1S/C15H20N2O2/c1-3-8-16(2)15(18)13-6-4-5-7-14(13)17-9-11-19-12-10-17/h3-7H,1,8-12H2,2H3. The van der Waals surface area contributed by atoms with Gasteiger partial charge in [-0.05, 0) is 12.1 Å². The van der Waals surface area contributed by atoms with Crippen LogP contribution < -0.4 is 4.90 Å². The predicted octanol–water partition coefficient (Wildman–Crippen LogP) is 1.78. The summed E-state index contributed by atoms with van der Waals surface area (Å²) in [7, 11) is 1.79. The molecular formula is C15H20N2O2. The van der Waals surface area contributed by atoms with Gasteiger partial charge in [0.2, 0.25) is 0 Å². The Bertz CT molecular complexity index is 453. The lowest BCUT2D eigenvalue weighted by atomic mass is 10.1. The third-order valence-electron chi connectivity index (χ3n) is 3.24. The molecule has 0 radical (unpaired) electrons. The molecule has 0 N–H and O–H groups in total. The number of rotatable bonds is 4. The molecule has 4 heteroatoms. The predicted molar refractivity (Wildman–Crippen MR) is 76.6 cm³/mol. The summed E-state index contributed by atoms with van der Waals surface area (Å²) >= 11 is 0. The molecule has 1 aromatic carbocycles. The second kappa shape index (κ2) is 6.38. The fourth-order valence-electron chi connectivity index (χ4n) is 2.22. The highest BCUT2D eigenvalue weighted by Crippen LogP contribution is 2.22. The van der Waals surface area contributed by atoms with E-state index in [0.29, 0.717) is 19.8 Å². The molecule has 1 aliphatic rings. The van der Waals surface area contributed by atoms with Gasteiger partial charge in [-0.25, -0.2) is 0 Å². The zero-order chi connectivity index (χ0) is 13.7. The van der Waals surface area contributed by atoms with Crippen molar-refractivity contribution in [2.24, 2.45) is 0 Å². The molecule has 0 saturated carbocycles. The maximum absolute atomic E-state index is 12.4. The van der Waals surface area contributed by atoms with E-state index in [1.54, 1.807) is 18.0 Å². The summed E-state index contributed by atoms with van der Waals surface area (Å²) in [4.78, 5) is 16.3. The minimum Gasteiger partial charge on any atom is -0.378 e. The number of benzene rings is 1. The number of carbonyl (C=O) groups is 1. The van der Waals surface area contributed by atoms with Crippen LogP contribution in [0.1, 0.15) is 10.4 Å². The van der Waals surface area contributed by atoms with Crippen molar-refractivity contribution in [2.45, 2.75) is 0 Å². The van der Waals surface area contributed by atoms with Gasteiger partial charge in [-0.1, -0.05) is 18.2 Å². The zero-order valence-electron chi connectivity index (χ0n) is 11.3. The van der Waals surface area contributed by atoms with E-state index >= 15 is 0 Å². The summed E-state index contributed by atoms with van der Waals surface area (Å²) < 4.78 is 5.36. The first-order chi connectivity index (χ1) is 9.24. The molecule has 0 aromatic heterocycles. The maximum Gasteiger partial charge on any atom is 0.255 e. The van der Waals surface area contributed by atoms with Crippen molar-refractivity contribution in [3.63, 3.8) is 0 Å². The van der Waals surface area contributed by atoms with Gasteiger partial charge in [0.15, 0.2) is 0 Å². The van der Waals surface area contributed by atoms with Crippen molar-refractivity contribution in [3.05, 3.63) is 42.5 Å². The highest BCUT2D eigenvalue weighted by atomic mass is 16.5. The lowest BCUT2D eigenvalue weighted by molar-refractivity contribution is 0.0809. The summed E-state index contributed by atoms with van der Waals surface area (Å²) in [6.45, 7) is 7.30. The van der Waals surface area contributed by atoms with Gasteiger partial charge < -0.3 is 14.5 Å². The number of morpholine rings is 1. The van der Waals surface area contributed by atoms with Gasteiger partial charge in [0.1, 0.15) is 0 Å². The lowest BCUT2D eigenvalue weighted by Crippen LogP contribution is -2.38. The number of hydrogen-bond donors (Lipinski definition) is 0. The number of para-hydroxylation sites is 1. The first kappa shape index (κ1) is 13.6. The van der Waals surface area contributed by atoms with E-state index in [2.05, 4.69) is 11.5 Å². The van der Waals surface area contributed by atoms with Crippen LogP contribution >= 0.6 is 0 Å². The summed E-state index contributed by atoms with van der Waals surface area (Å²) in [5.74, 6) is 0.0296. The van der Waals surface area contributed by atoms with Gasteiger partial charge >= 0.3 is 0 Å².